The molecule has 7 heteroatoms. The van der Waals surface area contributed by atoms with Gasteiger partial charge in [0.05, 0.1) is 17.3 Å². The van der Waals surface area contributed by atoms with Crippen molar-refractivity contribution in [3.8, 4) is 0 Å². The van der Waals surface area contributed by atoms with E-state index in [2.05, 4.69) is 9.97 Å². The van der Waals surface area contributed by atoms with Crippen molar-refractivity contribution in [2.24, 2.45) is 0 Å². The monoisotopic (exact) mass is 277 g/mol. The Hall–Kier alpha value is -1.18. The minimum absolute atomic E-state index is 0.263. The zero-order chi connectivity index (χ0) is 14.5. The number of aromatic nitrogens is 2. The normalized spacial score (nSPS) is 24.9. The maximum atomic E-state index is 9.28. The zero-order valence-corrected chi connectivity index (χ0v) is 12.3. The quantitative estimate of drug-likeness (QED) is 0.765. The van der Waals surface area contributed by atoms with Crippen molar-refractivity contribution >= 4 is 18.5 Å². The molecule has 0 unspecified atom stereocenters. The number of rotatable bonds is 2. The molecule has 0 radical (unpaired) electrons. The van der Waals surface area contributed by atoms with Crippen molar-refractivity contribution in [2.75, 3.05) is 18.0 Å². The second-order valence-corrected chi connectivity index (χ2v) is 6.46. The van der Waals surface area contributed by atoms with Crippen LogP contribution in [0.1, 0.15) is 27.7 Å². The van der Waals surface area contributed by atoms with E-state index in [1.807, 2.05) is 32.6 Å². The number of anilines is 1. The molecule has 2 saturated heterocycles. The smallest absolute Gasteiger partial charge is 0.399 e. The van der Waals surface area contributed by atoms with Crippen molar-refractivity contribution in [1.29, 1.82) is 0 Å². The molecule has 0 spiro atoms. The van der Waals surface area contributed by atoms with Crippen molar-refractivity contribution < 1.29 is 14.4 Å². The zero-order valence-electron chi connectivity index (χ0n) is 12.3. The molecule has 1 N–H and O–H groups in total. The predicted octanol–water partition coefficient (Wildman–Crippen LogP) is -0.0433. The van der Waals surface area contributed by atoms with E-state index in [1.165, 1.54) is 0 Å². The second kappa shape index (κ2) is 4.41. The largest absolute Gasteiger partial charge is 0.498 e. The lowest BCUT2D eigenvalue weighted by Crippen LogP contribution is -2.51. The summed E-state index contributed by atoms with van der Waals surface area (Å²) in [5.74, 6) is 0.635. The highest BCUT2D eigenvalue weighted by molar-refractivity contribution is 6.61. The van der Waals surface area contributed by atoms with Gasteiger partial charge in [0.1, 0.15) is 0 Å². The van der Waals surface area contributed by atoms with E-state index in [9.17, 15) is 5.11 Å². The van der Waals surface area contributed by atoms with Crippen LogP contribution < -0.4 is 10.4 Å². The molecule has 0 atom stereocenters. The molecule has 6 nitrogen and oxygen atoms in total. The van der Waals surface area contributed by atoms with E-state index >= 15 is 0 Å². The number of β-amino-alcohol motifs (C(OH)–C–C–N with tert-alkyl or cyclic N) is 1. The van der Waals surface area contributed by atoms with Gasteiger partial charge in [0.2, 0.25) is 5.95 Å². The van der Waals surface area contributed by atoms with Gasteiger partial charge in [-0.05, 0) is 27.7 Å². The minimum atomic E-state index is -0.434. The van der Waals surface area contributed by atoms with E-state index in [1.54, 1.807) is 12.4 Å². The third kappa shape index (κ3) is 2.19. The highest BCUT2D eigenvalue weighted by Gasteiger charge is 2.52. The van der Waals surface area contributed by atoms with Crippen molar-refractivity contribution in [2.45, 2.75) is 45.0 Å². The first-order valence-corrected chi connectivity index (χ1v) is 6.89. The van der Waals surface area contributed by atoms with Gasteiger partial charge in [-0.3, -0.25) is 0 Å². The average Bonchev–Trinajstić information content (AvgIpc) is 2.55. The standard InChI is InChI=1S/C13H20BN3O3/c1-12(2)13(3,4)20-14(19-12)9-5-15-11(16-6-9)17-7-10(18)8-17/h5-6,10,18H,7-8H2,1-4H3. The maximum Gasteiger partial charge on any atom is 0.498 e. The van der Waals surface area contributed by atoms with E-state index in [0.29, 0.717) is 19.0 Å². The molecular formula is C13H20BN3O3. The fourth-order valence-corrected chi connectivity index (χ4v) is 2.21. The van der Waals surface area contributed by atoms with Gasteiger partial charge in [-0.15, -0.1) is 0 Å². The molecular weight excluding hydrogens is 257 g/mol. The van der Waals surface area contributed by atoms with Gasteiger partial charge in [-0.25, -0.2) is 9.97 Å². The summed E-state index contributed by atoms with van der Waals surface area (Å²) in [4.78, 5) is 10.6. The summed E-state index contributed by atoms with van der Waals surface area (Å²) < 4.78 is 11.9. The molecule has 0 amide bonds. The minimum Gasteiger partial charge on any atom is -0.399 e. The van der Waals surface area contributed by atoms with Gasteiger partial charge >= 0.3 is 7.12 Å². The molecule has 0 bridgehead atoms. The summed E-state index contributed by atoms with van der Waals surface area (Å²) in [7, 11) is -0.434. The second-order valence-electron chi connectivity index (χ2n) is 6.46. The molecule has 3 heterocycles. The van der Waals surface area contributed by atoms with Gasteiger partial charge in [-0.2, -0.15) is 0 Å². The summed E-state index contributed by atoms with van der Waals surface area (Å²) in [5, 5.41) is 9.28. The van der Waals surface area contributed by atoms with Crippen LogP contribution in [0.3, 0.4) is 0 Å². The summed E-state index contributed by atoms with van der Waals surface area (Å²) >= 11 is 0. The Kier molecular flexibility index (Phi) is 3.04. The Morgan fingerprint density at radius 2 is 1.65 bits per heavy atom. The molecule has 1 aromatic heterocycles. The average molecular weight is 277 g/mol. The number of aliphatic hydroxyl groups excluding tert-OH is 1. The van der Waals surface area contributed by atoms with Crippen LogP contribution in [-0.2, 0) is 9.31 Å². The third-order valence-electron chi connectivity index (χ3n) is 4.33. The van der Waals surface area contributed by atoms with Crippen molar-refractivity contribution in [1.82, 2.24) is 9.97 Å². The van der Waals surface area contributed by atoms with E-state index in [4.69, 9.17) is 9.31 Å². The highest BCUT2D eigenvalue weighted by atomic mass is 16.7. The van der Waals surface area contributed by atoms with Crippen LogP contribution in [0.2, 0.25) is 0 Å². The molecule has 3 rings (SSSR count). The molecule has 1 aromatic rings. The lowest BCUT2D eigenvalue weighted by atomic mass is 9.81. The summed E-state index contributed by atoms with van der Waals surface area (Å²) in [6.07, 6.45) is 3.20. The molecule has 2 fully saturated rings. The van der Waals surface area contributed by atoms with E-state index < -0.39 is 7.12 Å². The number of aliphatic hydroxyl groups is 1. The van der Waals surface area contributed by atoms with Gasteiger partial charge in [0.25, 0.3) is 0 Å². The fourth-order valence-electron chi connectivity index (χ4n) is 2.21. The Bertz CT molecular complexity index is 484. The maximum absolute atomic E-state index is 9.28. The number of hydrogen-bond donors (Lipinski definition) is 1. The molecule has 20 heavy (non-hydrogen) atoms. The fraction of sp³-hybridized carbons (Fsp3) is 0.692. The van der Waals surface area contributed by atoms with E-state index in [-0.39, 0.29) is 17.3 Å². The van der Waals surface area contributed by atoms with Crippen LogP contribution in [0, 0.1) is 0 Å². The number of nitrogens with zero attached hydrogens (tertiary/aromatic N) is 3. The molecule has 0 aliphatic carbocycles. The lowest BCUT2D eigenvalue weighted by Gasteiger charge is -2.35. The SMILES string of the molecule is CC1(C)OB(c2cnc(N3CC(O)C3)nc2)OC1(C)C. The van der Waals surface area contributed by atoms with Gasteiger partial charge < -0.3 is 19.3 Å². The molecule has 108 valence electrons. The summed E-state index contributed by atoms with van der Waals surface area (Å²) in [6, 6.07) is 0. The van der Waals surface area contributed by atoms with E-state index in [0.717, 1.165) is 5.46 Å². The van der Waals surface area contributed by atoms with Crippen LogP contribution in [0.5, 0.6) is 0 Å². The first kappa shape index (κ1) is 13.8. The molecule has 2 aliphatic heterocycles. The van der Waals surface area contributed by atoms with Crippen molar-refractivity contribution in [3.63, 3.8) is 0 Å². The summed E-state index contributed by atoms with van der Waals surface area (Å²) in [5.41, 5.74) is 0.0871. The molecule has 0 aromatic carbocycles. The lowest BCUT2D eigenvalue weighted by molar-refractivity contribution is 0.00578. The first-order valence-electron chi connectivity index (χ1n) is 6.89. The van der Waals surface area contributed by atoms with Crippen LogP contribution in [-0.4, -0.2) is 52.6 Å². The Morgan fingerprint density at radius 1 is 1.15 bits per heavy atom. The topological polar surface area (TPSA) is 67.7 Å². The van der Waals surface area contributed by atoms with Gasteiger partial charge in [0.15, 0.2) is 0 Å². The van der Waals surface area contributed by atoms with Crippen LogP contribution in [0.4, 0.5) is 5.95 Å². The summed E-state index contributed by atoms with van der Waals surface area (Å²) in [6.45, 7) is 9.26. The third-order valence-corrected chi connectivity index (χ3v) is 4.33. The van der Waals surface area contributed by atoms with Crippen LogP contribution in [0.15, 0.2) is 12.4 Å². The Labute approximate surface area is 119 Å². The molecule has 0 saturated carbocycles. The van der Waals surface area contributed by atoms with Crippen molar-refractivity contribution in [3.05, 3.63) is 12.4 Å². The van der Waals surface area contributed by atoms with Crippen LogP contribution in [0.25, 0.3) is 0 Å². The Balaban J connectivity index is 1.73. The highest BCUT2D eigenvalue weighted by Crippen LogP contribution is 2.36. The van der Waals surface area contributed by atoms with Gasteiger partial charge in [-0.1, -0.05) is 0 Å². The van der Waals surface area contributed by atoms with Crippen LogP contribution >= 0.6 is 0 Å². The number of hydrogen-bond acceptors (Lipinski definition) is 6. The first-order chi connectivity index (χ1) is 9.28. The molecule has 2 aliphatic rings. The predicted molar refractivity (Wildman–Crippen MR) is 76.0 cm³/mol. The Morgan fingerprint density at radius 3 is 2.10 bits per heavy atom. The van der Waals surface area contributed by atoms with Gasteiger partial charge in [0, 0.05) is 30.9 Å².